The van der Waals surface area contributed by atoms with Gasteiger partial charge < -0.3 is 9.53 Å². The molecular weight excluding hydrogens is 486 g/mol. The number of rotatable bonds is 4. The zero-order valence-electron chi connectivity index (χ0n) is 9.76. The normalized spacial score (nSPS) is 9.12. The Morgan fingerprint density at radius 1 is 1.19 bits per heavy atom. The van der Waals surface area contributed by atoms with Crippen LogP contribution in [0.4, 0.5) is 0 Å². The monoisotopic (exact) mass is 504 g/mol. The van der Waals surface area contributed by atoms with Crippen LogP contribution in [-0.4, -0.2) is 26.6 Å². The Labute approximate surface area is 137 Å². The van der Waals surface area contributed by atoms with Crippen molar-refractivity contribution in [1.82, 2.24) is 0 Å². The summed E-state index contributed by atoms with van der Waals surface area (Å²) in [6.45, 7) is 14.5. The van der Waals surface area contributed by atoms with Gasteiger partial charge in [0.15, 0.2) is 8.32 Å². The lowest BCUT2D eigenvalue weighted by molar-refractivity contribution is 0.341. The van der Waals surface area contributed by atoms with Crippen molar-refractivity contribution in [1.29, 1.82) is 0 Å². The van der Waals surface area contributed by atoms with E-state index in [2.05, 4.69) is 77.8 Å². The van der Waals surface area contributed by atoms with Crippen LogP contribution in [0, 0.1) is 0 Å². The number of aliphatic hydroxyl groups excluding tert-OH is 1. The first-order chi connectivity index (χ1) is 7.19. The molecule has 96 valence electrons. The van der Waals surface area contributed by atoms with Crippen LogP contribution in [0.5, 0.6) is 0 Å². The summed E-state index contributed by atoms with van der Waals surface area (Å²) in [6, 6.07) is 0. The third-order valence-electron chi connectivity index (χ3n) is 0.833. The predicted octanol–water partition coefficient (Wildman–Crippen LogP) is 3.71. The molecule has 0 aliphatic rings. The molecule has 0 unspecified atom stereocenters. The Balaban J connectivity index is -0.000000205. The number of aliphatic hydroxyl groups is 1. The lowest BCUT2D eigenvalue weighted by Gasteiger charge is -2.15. The molecule has 0 radical (unpaired) electrons. The molecule has 16 heavy (non-hydrogen) atoms. The third-order valence-corrected chi connectivity index (χ3v) is 2.50. The number of hydrogen-bond acceptors (Lipinski definition) is 4. The lowest BCUT2D eigenvalue weighted by atomic mass is 10.7. The molecule has 0 aromatic heterocycles. The Morgan fingerprint density at radius 2 is 1.50 bits per heavy atom. The zero-order valence-corrected chi connectivity index (χ0v) is 16.7. The molecule has 0 bridgehead atoms. The van der Waals surface area contributed by atoms with Crippen LogP contribution in [-0.2, 0) is 26.8 Å². The van der Waals surface area contributed by atoms with E-state index in [-0.39, 0.29) is 6.61 Å². The Morgan fingerprint density at radius 3 is 1.56 bits per heavy atom. The minimum absolute atomic E-state index is 0.0978. The molecule has 0 amide bonds. The molecule has 0 atom stereocenters. The van der Waals surface area contributed by atoms with Crippen molar-refractivity contribution in [3.63, 3.8) is 0 Å². The standard InChI is InChI=1S/C6H13IOSi.C3H5IO.S2/c1-6(7)5-8-9(2,3)4;1-3(4)2-5;1-2/h1,5H2,2-4H3;5H,1-2H2;. The Hall–Kier alpha value is 1.52. The highest BCUT2D eigenvalue weighted by Gasteiger charge is 2.13. The minimum Gasteiger partial charge on any atom is -0.413 e. The molecule has 0 saturated carbocycles. The van der Waals surface area contributed by atoms with Crippen LogP contribution in [0.3, 0.4) is 0 Å². The van der Waals surface area contributed by atoms with Gasteiger partial charge in [0.05, 0.1) is 13.2 Å². The number of hydrogen-bond donors (Lipinski definition) is 1. The molecule has 0 saturated heterocycles. The van der Waals surface area contributed by atoms with Crippen LogP contribution in [0.1, 0.15) is 0 Å². The summed E-state index contributed by atoms with van der Waals surface area (Å²) < 4.78 is 7.38. The van der Waals surface area contributed by atoms with Crippen molar-refractivity contribution >= 4 is 75.9 Å². The first-order valence-corrected chi connectivity index (χ1v) is 11.2. The lowest BCUT2D eigenvalue weighted by Crippen LogP contribution is -2.25. The molecule has 0 aromatic carbocycles. The SMILES string of the molecule is C=C(I)CO.C=C(I)CO[Si](C)(C)C.S=S. The van der Waals surface area contributed by atoms with Gasteiger partial charge in [0.1, 0.15) is 0 Å². The summed E-state index contributed by atoms with van der Waals surface area (Å²) in [7, 11) is -1.29. The molecular formula is C9H18I2O2S2Si. The van der Waals surface area contributed by atoms with Gasteiger partial charge in [-0.25, -0.2) is 0 Å². The second-order valence-corrected chi connectivity index (χ2v) is 11.2. The van der Waals surface area contributed by atoms with Crippen LogP contribution < -0.4 is 0 Å². The van der Waals surface area contributed by atoms with Crippen molar-refractivity contribution in [2.75, 3.05) is 13.2 Å². The fourth-order valence-corrected chi connectivity index (χ4v) is 1.35. The summed E-state index contributed by atoms with van der Waals surface area (Å²) in [6.07, 6.45) is 0. The molecule has 7 heteroatoms. The highest BCUT2D eigenvalue weighted by atomic mass is 127. The van der Waals surface area contributed by atoms with Crippen molar-refractivity contribution in [2.45, 2.75) is 19.6 Å². The maximum absolute atomic E-state index is 8.04. The fourth-order valence-electron chi connectivity index (χ4n) is 0.295. The van der Waals surface area contributed by atoms with E-state index in [0.29, 0.717) is 0 Å². The van der Waals surface area contributed by atoms with Gasteiger partial charge in [-0.1, -0.05) is 13.2 Å². The molecule has 0 rings (SSSR count). The van der Waals surface area contributed by atoms with Crippen molar-refractivity contribution < 1.29 is 9.53 Å². The summed E-state index contributed by atoms with van der Waals surface area (Å²) in [5.74, 6) is 0. The smallest absolute Gasteiger partial charge is 0.184 e. The van der Waals surface area contributed by atoms with Crippen LogP contribution >= 0.6 is 45.2 Å². The summed E-state index contributed by atoms with van der Waals surface area (Å²) in [5, 5.41) is 8.04. The maximum Gasteiger partial charge on any atom is 0.184 e. The Bertz CT molecular complexity index is 208. The predicted molar refractivity (Wildman–Crippen MR) is 97.4 cm³/mol. The van der Waals surface area contributed by atoms with E-state index >= 15 is 0 Å². The highest BCUT2D eigenvalue weighted by molar-refractivity contribution is 14.1. The molecule has 0 heterocycles. The highest BCUT2D eigenvalue weighted by Crippen LogP contribution is 2.08. The van der Waals surface area contributed by atoms with E-state index in [9.17, 15) is 0 Å². The van der Waals surface area contributed by atoms with Crippen molar-refractivity contribution in [2.24, 2.45) is 0 Å². The summed E-state index contributed by atoms with van der Waals surface area (Å²) in [4.78, 5) is 0. The van der Waals surface area contributed by atoms with Gasteiger partial charge in [0, 0.05) is 29.5 Å². The van der Waals surface area contributed by atoms with Crippen molar-refractivity contribution in [3.05, 3.63) is 20.3 Å². The van der Waals surface area contributed by atoms with Gasteiger partial charge in [0.25, 0.3) is 0 Å². The largest absolute Gasteiger partial charge is 0.413 e. The van der Waals surface area contributed by atoms with E-state index in [4.69, 9.17) is 9.53 Å². The van der Waals surface area contributed by atoms with Crippen LogP contribution in [0.25, 0.3) is 0 Å². The van der Waals surface area contributed by atoms with E-state index < -0.39 is 8.32 Å². The van der Waals surface area contributed by atoms with Gasteiger partial charge in [-0.2, -0.15) is 0 Å². The zero-order chi connectivity index (χ0) is 13.8. The third kappa shape index (κ3) is 36.1. The first kappa shape index (κ1) is 22.7. The molecule has 0 aliphatic carbocycles. The average molecular weight is 504 g/mol. The molecule has 2 nitrogen and oxygen atoms in total. The average Bonchev–Trinajstić information content (AvgIpc) is 2.18. The van der Waals surface area contributed by atoms with Gasteiger partial charge >= 0.3 is 0 Å². The van der Waals surface area contributed by atoms with E-state index in [1.54, 1.807) is 0 Å². The minimum atomic E-state index is -1.29. The quantitative estimate of drug-likeness (QED) is 0.467. The van der Waals surface area contributed by atoms with Gasteiger partial charge in [-0.15, -0.1) is 0 Å². The second kappa shape index (κ2) is 14.6. The maximum atomic E-state index is 8.04. The van der Waals surface area contributed by atoms with Crippen molar-refractivity contribution in [3.8, 4) is 0 Å². The first-order valence-electron chi connectivity index (χ1n) is 4.27. The Kier molecular flexibility index (Phi) is 20.7. The van der Waals surface area contributed by atoms with Gasteiger partial charge in [0.2, 0.25) is 0 Å². The fraction of sp³-hybridized carbons (Fsp3) is 0.556. The number of halogens is 2. The molecule has 0 spiro atoms. The van der Waals surface area contributed by atoms with E-state index in [1.165, 1.54) is 0 Å². The van der Waals surface area contributed by atoms with Crippen LogP contribution in [0.15, 0.2) is 20.3 Å². The summed E-state index contributed by atoms with van der Waals surface area (Å²) >= 11 is 11.5. The van der Waals surface area contributed by atoms with Gasteiger partial charge in [-0.3, -0.25) is 0 Å². The topological polar surface area (TPSA) is 29.5 Å². The molecule has 0 aliphatic heterocycles. The second-order valence-electron chi connectivity index (χ2n) is 3.59. The molecule has 0 aromatic rings. The molecule has 1 N–H and O–H groups in total. The van der Waals surface area contributed by atoms with Crippen LogP contribution in [0.2, 0.25) is 19.6 Å². The molecule has 0 fully saturated rings. The van der Waals surface area contributed by atoms with Gasteiger partial charge in [-0.05, 0) is 64.8 Å². The van der Waals surface area contributed by atoms with E-state index in [1.807, 2.05) is 22.6 Å². The summed E-state index contributed by atoms with van der Waals surface area (Å²) in [5.41, 5.74) is 0. The van der Waals surface area contributed by atoms with E-state index in [0.717, 1.165) is 13.8 Å².